The molecule has 3 fully saturated rings. The molecule has 0 bridgehead atoms. The molecule has 2 nitrogen and oxygen atoms in total. The number of hydrogen-bond donors (Lipinski definition) is 2. The minimum atomic E-state index is -0.347. The molecule has 0 spiro atoms. The lowest BCUT2D eigenvalue weighted by Crippen LogP contribution is -2.54. The van der Waals surface area contributed by atoms with Crippen LogP contribution in [0, 0.1) is 46.3 Å². The Morgan fingerprint density at radius 2 is 1.72 bits per heavy atom. The summed E-state index contributed by atoms with van der Waals surface area (Å²) >= 11 is 0. The molecule has 0 saturated heterocycles. The number of hydrogen-bond acceptors (Lipinski definition) is 2. The lowest BCUT2D eigenvalue weighted by Gasteiger charge is -2.60. The highest BCUT2D eigenvalue weighted by Crippen LogP contribution is 2.67. The first-order valence-corrected chi connectivity index (χ1v) is 12.7. The lowest BCUT2D eigenvalue weighted by molar-refractivity contribution is -0.0874. The van der Waals surface area contributed by atoms with E-state index in [4.69, 9.17) is 0 Å². The second-order valence-electron chi connectivity index (χ2n) is 12.3. The van der Waals surface area contributed by atoms with Crippen LogP contribution < -0.4 is 0 Å². The Kier molecular flexibility index (Phi) is 6.01. The summed E-state index contributed by atoms with van der Waals surface area (Å²) in [6.07, 6.45) is 13.8. The molecule has 2 heteroatoms. The van der Waals surface area contributed by atoms with Gasteiger partial charge in [0.2, 0.25) is 0 Å². The quantitative estimate of drug-likeness (QED) is 0.525. The molecule has 0 aromatic rings. The molecular weight excluding hydrogens is 356 g/mol. The Morgan fingerprint density at radius 1 is 0.966 bits per heavy atom. The predicted molar refractivity (Wildman–Crippen MR) is 120 cm³/mol. The third-order valence-corrected chi connectivity index (χ3v) is 10.3. The second kappa shape index (κ2) is 7.97. The van der Waals surface area contributed by atoms with Gasteiger partial charge in [0.25, 0.3) is 0 Å². The fourth-order valence-electron chi connectivity index (χ4n) is 8.78. The first-order chi connectivity index (χ1) is 13.7. The Morgan fingerprint density at radius 3 is 2.45 bits per heavy atom. The summed E-state index contributed by atoms with van der Waals surface area (Å²) in [6, 6.07) is 0. The molecule has 2 N–H and O–H groups in total. The SMILES string of the molecule is CC(C)CCC[C@@H](C)[C@H]1CC[C@H]2[C@@H]3C[C@H](O)C4=C[C@H](O)CC[C@]4(C)[C@H]3CC[C@]12C. The highest BCUT2D eigenvalue weighted by Gasteiger charge is 2.60. The van der Waals surface area contributed by atoms with Crippen molar-refractivity contribution in [3.8, 4) is 0 Å². The number of rotatable bonds is 5. The Hall–Kier alpha value is -0.340. The van der Waals surface area contributed by atoms with Gasteiger partial charge in [-0.2, -0.15) is 0 Å². The monoisotopic (exact) mass is 402 g/mol. The Balaban J connectivity index is 1.52. The van der Waals surface area contributed by atoms with Crippen LogP contribution >= 0.6 is 0 Å². The van der Waals surface area contributed by atoms with Gasteiger partial charge in [0, 0.05) is 0 Å². The summed E-state index contributed by atoms with van der Waals surface area (Å²) in [7, 11) is 0. The molecule has 0 amide bonds. The minimum absolute atomic E-state index is 0.115. The fraction of sp³-hybridized carbons (Fsp3) is 0.926. The van der Waals surface area contributed by atoms with Gasteiger partial charge in [-0.1, -0.05) is 60.0 Å². The predicted octanol–water partition coefficient (Wildman–Crippen LogP) is 6.36. The molecule has 0 heterocycles. The molecule has 0 aromatic heterocycles. The second-order valence-corrected chi connectivity index (χ2v) is 12.3. The van der Waals surface area contributed by atoms with E-state index < -0.39 is 0 Å². The van der Waals surface area contributed by atoms with Crippen molar-refractivity contribution >= 4 is 0 Å². The fourth-order valence-corrected chi connectivity index (χ4v) is 8.78. The maximum absolute atomic E-state index is 11.1. The zero-order chi connectivity index (χ0) is 21.0. The van der Waals surface area contributed by atoms with Gasteiger partial charge in [0.05, 0.1) is 12.2 Å². The van der Waals surface area contributed by atoms with Crippen molar-refractivity contribution in [2.24, 2.45) is 46.3 Å². The summed E-state index contributed by atoms with van der Waals surface area (Å²) in [4.78, 5) is 0. The van der Waals surface area contributed by atoms with Gasteiger partial charge in [-0.3, -0.25) is 0 Å². The van der Waals surface area contributed by atoms with Crippen LogP contribution in [0.1, 0.15) is 98.8 Å². The molecule has 0 aliphatic heterocycles. The van der Waals surface area contributed by atoms with E-state index >= 15 is 0 Å². The van der Waals surface area contributed by atoms with Crippen LogP contribution in [0.2, 0.25) is 0 Å². The van der Waals surface area contributed by atoms with Crippen LogP contribution in [0.25, 0.3) is 0 Å². The minimum Gasteiger partial charge on any atom is -0.389 e. The van der Waals surface area contributed by atoms with Crippen molar-refractivity contribution < 1.29 is 10.2 Å². The molecule has 3 saturated carbocycles. The van der Waals surface area contributed by atoms with Crippen LogP contribution in [0.3, 0.4) is 0 Å². The van der Waals surface area contributed by atoms with Crippen LogP contribution in [0.4, 0.5) is 0 Å². The number of aliphatic hydroxyl groups is 2. The summed E-state index contributed by atoms with van der Waals surface area (Å²) in [6.45, 7) is 12.3. The summed E-state index contributed by atoms with van der Waals surface area (Å²) in [5.74, 6) is 4.70. The van der Waals surface area contributed by atoms with Gasteiger partial charge < -0.3 is 10.2 Å². The molecule has 4 aliphatic rings. The van der Waals surface area contributed by atoms with Gasteiger partial charge in [0.1, 0.15) is 0 Å². The zero-order valence-corrected chi connectivity index (χ0v) is 19.7. The first kappa shape index (κ1) is 21.9. The topological polar surface area (TPSA) is 40.5 Å². The van der Waals surface area contributed by atoms with Crippen molar-refractivity contribution in [2.75, 3.05) is 0 Å². The Bertz CT molecular complexity index is 624. The van der Waals surface area contributed by atoms with Gasteiger partial charge in [-0.05, 0) is 96.9 Å². The van der Waals surface area contributed by atoms with Crippen molar-refractivity contribution in [3.63, 3.8) is 0 Å². The van der Waals surface area contributed by atoms with Crippen LogP contribution in [-0.4, -0.2) is 22.4 Å². The van der Waals surface area contributed by atoms with Crippen LogP contribution in [0.15, 0.2) is 11.6 Å². The number of fused-ring (bicyclic) bond motifs is 5. The van der Waals surface area contributed by atoms with E-state index in [-0.39, 0.29) is 17.6 Å². The molecule has 29 heavy (non-hydrogen) atoms. The van der Waals surface area contributed by atoms with Crippen molar-refractivity contribution in [2.45, 2.75) is 111 Å². The smallest absolute Gasteiger partial charge is 0.0759 e. The summed E-state index contributed by atoms with van der Waals surface area (Å²) in [5, 5.41) is 21.3. The normalized spacial score (nSPS) is 47.9. The molecule has 166 valence electrons. The maximum Gasteiger partial charge on any atom is 0.0759 e. The first-order valence-electron chi connectivity index (χ1n) is 12.7. The summed E-state index contributed by atoms with van der Waals surface area (Å²) < 4.78 is 0. The van der Waals surface area contributed by atoms with E-state index in [1.807, 2.05) is 6.08 Å². The molecule has 4 aliphatic carbocycles. The molecule has 9 atom stereocenters. The number of aliphatic hydroxyl groups excluding tert-OH is 2. The van der Waals surface area contributed by atoms with Crippen LogP contribution in [0.5, 0.6) is 0 Å². The van der Waals surface area contributed by atoms with Crippen LogP contribution in [-0.2, 0) is 0 Å². The van der Waals surface area contributed by atoms with Crippen molar-refractivity contribution in [1.29, 1.82) is 0 Å². The molecular formula is C27H46O2. The van der Waals surface area contributed by atoms with Gasteiger partial charge in [-0.15, -0.1) is 0 Å². The molecule has 0 radical (unpaired) electrons. The maximum atomic E-state index is 11.1. The Labute approximate surface area is 179 Å². The van der Waals surface area contributed by atoms with E-state index in [9.17, 15) is 10.2 Å². The average Bonchev–Trinajstić information content (AvgIpc) is 3.00. The van der Waals surface area contributed by atoms with Gasteiger partial charge in [0.15, 0.2) is 0 Å². The average molecular weight is 403 g/mol. The van der Waals surface area contributed by atoms with E-state index in [0.29, 0.717) is 17.3 Å². The summed E-state index contributed by atoms with van der Waals surface area (Å²) in [5.41, 5.74) is 1.77. The van der Waals surface area contributed by atoms with E-state index in [1.165, 1.54) is 50.5 Å². The van der Waals surface area contributed by atoms with Crippen molar-refractivity contribution in [3.05, 3.63) is 11.6 Å². The highest BCUT2D eigenvalue weighted by molar-refractivity contribution is 5.29. The van der Waals surface area contributed by atoms with E-state index in [2.05, 4.69) is 34.6 Å². The standard InChI is InChI=1S/C27H46O2/c1-17(2)7-6-8-18(3)21-9-10-22-20-16-25(29)24-15-19(28)11-13-27(24,5)23(20)12-14-26(21,22)4/h15,17-23,25,28-29H,6-14,16H2,1-5H3/t18-,19-,20+,21-,22+,23+,25+,26-,27-/m1/s1. The van der Waals surface area contributed by atoms with E-state index in [1.54, 1.807) is 0 Å². The molecule has 0 aromatic carbocycles. The largest absolute Gasteiger partial charge is 0.389 e. The van der Waals surface area contributed by atoms with Gasteiger partial charge >= 0.3 is 0 Å². The third-order valence-electron chi connectivity index (χ3n) is 10.3. The van der Waals surface area contributed by atoms with Crippen molar-refractivity contribution in [1.82, 2.24) is 0 Å². The third kappa shape index (κ3) is 3.65. The zero-order valence-electron chi connectivity index (χ0n) is 19.7. The highest BCUT2D eigenvalue weighted by atomic mass is 16.3. The van der Waals surface area contributed by atoms with E-state index in [0.717, 1.165) is 42.9 Å². The lowest BCUT2D eigenvalue weighted by atomic mass is 9.46. The molecule has 0 unspecified atom stereocenters. The van der Waals surface area contributed by atoms with Gasteiger partial charge in [-0.25, -0.2) is 0 Å². The molecule has 4 rings (SSSR count).